The van der Waals surface area contributed by atoms with Gasteiger partial charge in [-0.05, 0) is 30.7 Å². The highest BCUT2D eigenvalue weighted by molar-refractivity contribution is 8.01. The van der Waals surface area contributed by atoms with Crippen molar-refractivity contribution in [1.29, 1.82) is 0 Å². The predicted octanol–water partition coefficient (Wildman–Crippen LogP) is 1.84. The lowest BCUT2D eigenvalue weighted by Crippen LogP contribution is -2.71. The van der Waals surface area contributed by atoms with E-state index in [-0.39, 0.29) is 29.6 Å². The molecule has 2 saturated heterocycles. The fraction of sp³-hybridized carbons (Fsp3) is 0.333. The van der Waals surface area contributed by atoms with Crippen LogP contribution in [-0.4, -0.2) is 56.2 Å². The number of nitrogens with one attached hydrogen (secondary N) is 1. The quantitative estimate of drug-likeness (QED) is 0.584. The molecule has 5 rings (SSSR count). The van der Waals surface area contributed by atoms with Crippen LogP contribution in [0.4, 0.5) is 0 Å². The highest BCUT2D eigenvalue weighted by Crippen LogP contribution is 2.47. The van der Waals surface area contributed by atoms with Crippen LogP contribution in [0.3, 0.4) is 0 Å². The summed E-state index contributed by atoms with van der Waals surface area (Å²) in [4.78, 5) is 34.4. The van der Waals surface area contributed by atoms with Crippen molar-refractivity contribution < 1.29 is 14.7 Å². The van der Waals surface area contributed by atoms with E-state index in [9.17, 15) is 14.7 Å². The van der Waals surface area contributed by atoms with Crippen molar-refractivity contribution >= 4 is 35.0 Å². The molecule has 3 aliphatic rings. The van der Waals surface area contributed by atoms with E-state index in [0.717, 1.165) is 34.1 Å². The fourth-order valence-corrected chi connectivity index (χ4v) is 6.13. The van der Waals surface area contributed by atoms with Gasteiger partial charge in [-0.25, -0.2) is 9.78 Å². The van der Waals surface area contributed by atoms with Crippen LogP contribution in [0.15, 0.2) is 45.5 Å². The third-order valence-electron chi connectivity index (χ3n) is 5.36. The van der Waals surface area contributed by atoms with Crippen LogP contribution < -0.4 is 5.32 Å². The molecule has 0 bridgehead atoms. The summed E-state index contributed by atoms with van der Waals surface area (Å²) in [6.45, 7) is 0.745. The minimum absolute atomic E-state index is 0.0322. The van der Waals surface area contributed by atoms with Crippen molar-refractivity contribution in [3.05, 3.63) is 41.2 Å². The number of carbonyl (C=O) groups is 2. The molecule has 27 heavy (non-hydrogen) atoms. The predicted molar refractivity (Wildman–Crippen MR) is 101 cm³/mol. The lowest BCUT2D eigenvalue weighted by atomic mass is 9.80. The molecule has 5 heterocycles. The summed E-state index contributed by atoms with van der Waals surface area (Å²) in [5.74, 6) is -0.457. The SMILES string of the molecule is O=C(O)C1=C(CSc2nc(-c3cccnc3)cs2)C2CCN[C@@H]3C(=O)N1[C@H]23. The van der Waals surface area contributed by atoms with E-state index in [1.54, 1.807) is 12.4 Å². The van der Waals surface area contributed by atoms with Gasteiger partial charge in [0.15, 0.2) is 4.34 Å². The first-order valence-electron chi connectivity index (χ1n) is 8.66. The van der Waals surface area contributed by atoms with E-state index < -0.39 is 5.97 Å². The smallest absolute Gasteiger partial charge is 0.352 e. The van der Waals surface area contributed by atoms with Gasteiger partial charge in [-0.3, -0.25) is 14.7 Å². The number of rotatable bonds is 5. The zero-order valence-corrected chi connectivity index (χ0v) is 15.8. The lowest BCUT2D eigenvalue weighted by Gasteiger charge is -2.48. The number of hydrogen-bond donors (Lipinski definition) is 2. The van der Waals surface area contributed by atoms with Gasteiger partial charge in [0.2, 0.25) is 5.91 Å². The number of amides is 1. The van der Waals surface area contributed by atoms with Crippen LogP contribution in [0, 0.1) is 5.92 Å². The van der Waals surface area contributed by atoms with E-state index in [0.29, 0.717) is 5.75 Å². The third kappa shape index (κ3) is 2.60. The van der Waals surface area contributed by atoms with E-state index >= 15 is 0 Å². The number of pyridine rings is 1. The second-order valence-corrected chi connectivity index (χ2v) is 8.81. The summed E-state index contributed by atoms with van der Waals surface area (Å²) in [5, 5.41) is 14.9. The topological polar surface area (TPSA) is 95.4 Å². The maximum Gasteiger partial charge on any atom is 0.352 e. The minimum atomic E-state index is -1.01. The van der Waals surface area contributed by atoms with Gasteiger partial charge in [0.05, 0.1) is 11.7 Å². The largest absolute Gasteiger partial charge is 0.477 e. The van der Waals surface area contributed by atoms with Crippen LogP contribution in [0.1, 0.15) is 6.42 Å². The number of aliphatic carboxylic acids is 1. The molecule has 1 unspecified atom stereocenters. The molecule has 138 valence electrons. The van der Waals surface area contributed by atoms with E-state index in [2.05, 4.69) is 15.3 Å². The van der Waals surface area contributed by atoms with Gasteiger partial charge in [0.1, 0.15) is 11.7 Å². The van der Waals surface area contributed by atoms with Crippen LogP contribution in [0.2, 0.25) is 0 Å². The molecule has 7 nitrogen and oxygen atoms in total. The summed E-state index contributed by atoms with van der Waals surface area (Å²) in [5.41, 5.74) is 2.89. The van der Waals surface area contributed by atoms with Crippen molar-refractivity contribution in [3.63, 3.8) is 0 Å². The average molecular weight is 400 g/mol. The van der Waals surface area contributed by atoms with E-state index in [4.69, 9.17) is 0 Å². The molecule has 9 heteroatoms. The monoisotopic (exact) mass is 400 g/mol. The summed E-state index contributed by atoms with van der Waals surface area (Å²) >= 11 is 3.08. The van der Waals surface area contributed by atoms with Crippen LogP contribution >= 0.6 is 23.1 Å². The number of carbonyl (C=O) groups excluding carboxylic acids is 1. The average Bonchev–Trinajstić information content (AvgIpc) is 3.28. The maximum atomic E-state index is 12.3. The van der Waals surface area contributed by atoms with Gasteiger partial charge < -0.3 is 10.4 Å². The zero-order chi connectivity index (χ0) is 18.5. The van der Waals surface area contributed by atoms with Gasteiger partial charge in [-0.15, -0.1) is 11.3 Å². The number of thioether (sulfide) groups is 1. The standard InChI is InChI=1S/C18H16N4O3S2/c23-16-13-14-10(3-5-20-13)11(15(17(24)25)22(14)16)7-26-18-21-12(8-27-18)9-2-1-4-19-6-9/h1-2,4,6,8,10,13-14,20H,3,5,7H2,(H,24,25)/t10?,13-,14+/m0/s1. The maximum absolute atomic E-state index is 12.3. The van der Waals surface area contributed by atoms with Crippen molar-refractivity contribution in [3.8, 4) is 11.3 Å². The summed E-state index contributed by atoms with van der Waals surface area (Å²) < 4.78 is 0.886. The van der Waals surface area contributed by atoms with Crippen molar-refractivity contribution in [1.82, 2.24) is 20.2 Å². The number of piperidine rings is 1. The molecular formula is C18H16N4O3S2. The second-order valence-electron chi connectivity index (χ2n) is 6.73. The number of thiazole rings is 1. The van der Waals surface area contributed by atoms with Crippen molar-refractivity contribution in [2.75, 3.05) is 12.3 Å². The Morgan fingerprint density at radius 2 is 2.37 bits per heavy atom. The molecule has 0 spiro atoms. The molecule has 2 fully saturated rings. The Labute approximate surface area is 163 Å². The zero-order valence-electron chi connectivity index (χ0n) is 14.2. The number of aromatic nitrogens is 2. The molecule has 0 aliphatic carbocycles. The highest BCUT2D eigenvalue weighted by atomic mass is 32.2. The minimum Gasteiger partial charge on any atom is -0.477 e. The first-order chi connectivity index (χ1) is 13.1. The first-order valence-corrected chi connectivity index (χ1v) is 10.5. The Hall–Kier alpha value is -2.23. The molecule has 2 N–H and O–H groups in total. The fourth-order valence-electron chi connectivity index (χ4n) is 4.19. The number of carboxylic acid groups (broad SMARTS) is 1. The Morgan fingerprint density at radius 3 is 3.15 bits per heavy atom. The molecule has 3 atom stereocenters. The summed E-state index contributed by atoms with van der Waals surface area (Å²) in [6, 6.07) is 3.58. The van der Waals surface area contributed by atoms with Gasteiger partial charge in [0.25, 0.3) is 0 Å². The molecule has 0 radical (unpaired) electrons. The van der Waals surface area contributed by atoms with Crippen molar-refractivity contribution in [2.24, 2.45) is 5.92 Å². The number of carboxylic acids is 1. The number of β-lactam (4-membered cyclic amide) rings is 1. The Morgan fingerprint density at radius 1 is 1.48 bits per heavy atom. The first kappa shape index (κ1) is 16.9. The summed E-state index contributed by atoms with van der Waals surface area (Å²) in [7, 11) is 0. The van der Waals surface area contributed by atoms with Gasteiger partial charge in [0, 0.05) is 35.0 Å². The number of hydrogen-bond acceptors (Lipinski definition) is 7. The summed E-state index contributed by atoms with van der Waals surface area (Å²) in [6.07, 6.45) is 4.36. The van der Waals surface area contributed by atoms with Crippen LogP contribution in [-0.2, 0) is 9.59 Å². The van der Waals surface area contributed by atoms with Crippen molar-refractivity contribution in [2.45, 2.75) is 22.8 Å². The third-order valence-corrected chi connectivity index (χ3v) is 7.43. The van der Waals surface area contributed by atoms with Gasteiger partial charge >= 0.3 is 5.97 Å². The lowest BCUT2D eigenvalue weighted by molar-refractivity contribution is -0.154. The Balaban J connectivity index is 1.38. The van der Waals surface area contributed by atoms with Gasteiger partial charge in [-0.1, -0.05) is 11.8 Å². The normalized spacial score (nSPS) is 26.1. The Bertz CT molecular complexity index is 959. The molecule has 0 saturated carbocycles. The van der Waals surface area contributed by atoms with E-state index in [1.165, 1.54) is 28.0 Å². The molecule has 2 aromatic heterocycles. The van der Waals surface area contributed by atoms with Crippen LogP contribution in [0.5, 0.6) is 0 Å². The highest BCUT2D eigenvalue weighted by Gasteiger charge is 2.60. The molecule has 1 amide bonds. The van der Waals surface area contributed by atoms with E-state index in [1.807, 2.05) is 17.5 Å². The Kier molecular flexibility index (Phi) is 4.03. The number of nitrogens with zero attached hydrogens (tertiary/aromatic N) is 3. The molecule has 0 aromatic carbocycles. The molecule has 2 aromatic rings. The second kappa shape index (κ2) is 6.43. The molecule has 3 aliphatic heterocycles. The molecular weight excluding hydrogens is 384 g/mol. The van der Waals surface area contributed by atoms with Gasteiger partial charge in [-0.2, -0.15) is 0 Å². The van der Waals surface area contributed by atoms with Crippen LogP contribution in [0.25, 0.3) is 11.3 Å².